The van der Waals surface area contributed by atoms with Crippen molar-refractivity contribution in [2.75, 3.05) is 13.7 Å². The Morgan fingerprint density at radius 3 is 2.27 bits per heavy atom. The van der Waals surface area contributed by atoms with Gasteiger partial charge in [-0.05, 0) is 48.9 Å². The second kappa shape index (κ2) is 10.7. The van der Waals surface area contributed by atoms with E-state index in [2.05, 4.69) is 0 Å². The van der Waals surface area contributed by atoms with Crippen LogP contribution >= 0.6 is 0 Å². The van der Waals surface area contributed by atoms with Gasteiger partial charge < -0.3 is 15.2 Å². The summed E-state index contributed by atoms with van der Waals surface area (Å²) in [7, 11) is 1.68. The minimum atomic E-state index is 0.614. The summed E-state index contributed by atoms with van der Waals surface area (Å²) in [5.74, 6) is 2.37. The quantitative estimate of drug-likeness (QED) is 0.666. The predicted molar refractivity (Wildman–Crippen MR) is 104 cm³/mol. The number of hydrogen-bond acceptors (Lipinski definition) is 4. The molecule has 0 aromatic heterocycles. The molecular weight excluding hydrogens is 326 g/mol. The first-order valence-electron chi connectivity index (χ1n) is 8.37. The first-order chi connectivity index (χ1) is 12.8. The van der Waals surface area contributed by atoms with Gasteiger partial charge in [-0.1, -0.05) is 48.5 Å². The maximum atomic E-state index is 10.6. The SMILES string of the molecule is COc1ccccc1CCN.O=Cc1cccc(Oc2ccccc2)c1. The van der Waals surface area contributed by atoms with Gasteiger partial charge in [0.25, 0.3) is 0 Å². The van der Waals surface area contributed by atoms with Crippen molar-refractivity contribution in [3.63, 3.8) is 0 Å². The molecule has 2 N–H and O–H groups in total. The third kappa shape index (κ3) is 6.07. The molecule has 3 aromatic rings. The van der Waals surface area contributed by atoms with Gasteiger partial charge in [-0.2, -0.15) is 0 Å². The number of aldehydes is 1. The van der Waals surface area contributed by atoms with E-state index >= 15 is 0 Å². The Kier molecular flexibility index (Phi) is 7.90. The molecule has 4 nitrogen and oxygen atoms in total. The molecule has 3 aromatic carbocycles. The normalized spacial score (nSPS) is 9.62. The molecule has 0 radical (unpaired) electrons. The summed E-state index contributed by atoms with van der Waals surface area (Å²) in [6.45, 7) is 0.667. The van der Waals surface area contributed by atoms with Crippen LogP contribution in [0.15, 0.2) is 78.9 Å². The number of rotatable bonds is 6. The van der Waals surface area contributed by atoms with Crippen LogP contribution in [0, 0.1) is 0 Å². The fourth-order valence-electron chi connectivity index (χ4n) is 2.34. The fourth-order valence-corrected chi connectivity index (χ4v) is 2.34. The van der Waals surface area contributed by atoms with Gasteiger partial charge in [-0.3, -0.25) is 4.79 Å². The van der Waals surface area contributed by atoms with Gasteiger partial charge in [0, 0.05) is 5.56 Å². The van der Waals surface area contributed by atoms with Gasteiger partial charge in [-0.25, -0.2) is 0 Å². The van der Waals surface area contributed by atoms with Gasteiger partial charge in [0.2, 0.25) is 0 Å². The topological polar surface area (TPSA) is 61.5 Å². The van der Waals surface area contributed by atoms with Crippen molar-refractivity contribution >= 4 is 6.29 Å². The molecule has 0 aliphatic rings. The molecule has 0 aliphatic carbocycles. The summed E-state index contributed by atoms with van der Waals surface area (Å²) in [5, 5.41) is 0. The van der Waals surface area contributed by atoms with Crippen LogP contribution in [0.3, 0.4) is 0 Å². The highest BCUT2D eigenvalue weighted by Crippen LogP contribution is 2.21. The Morgan fingerprint density at radius 2 is 1.58 bits per heavy atom. The molecule has 0 heterocycles. The van der Waals surface area contributed by atoms with Crippen molar-refractivity contribution in [1.82, 2.24) is 0 Å². The molecule has 0 bridgehead atoms. The highest BCUT2D eigenvalue weighted by atomic mass is 16.5. The summed E-state index contributed by atoms with van der Waals surface area (Å²) in [6, 6.07) is 24.5. The minimum Gasteiger partial charge on any atom is -0.496 e. The lowest BCUT2D eigenvalue weighted by Gasteiger charge is -2.05. The zero-order valence-corrected chi connectivity index (χ0v) is 14.8. The largest absolute Gasteiger partial charge is 0.496 e. The van der Waals surface area contributed by atoms with Crippen molar-refractivity contribution < 1.29 is 14.3 Å². The molecule has 26 heavy (non-hydrogen) atoms. The number of benzene rings is 3. The highest BCUT2D eigenvalue weighted by molar-refractivity contribution is 5.75. The van der Waals surface area contributed by atoms with Crippen molar-refractivity contribution in [2.24, 2.45) is 5.73 Å². The molecule has 0 atom stereocenters. The van der Waals surface area contributed by atoms with Crippen LogP contribution in [-0.2, 0) is 6.42 Å². The molecular formula is C22H23NO3. The van der Waals surface area contributed by atoms with Crippen molar-refractivity contribution in [2.45, 2.75) is 6.42 Å². The van der Waals surface area contributed by atoms with Crippen LogP contribution in [0.5, 0.6) is 17.2 Å². The van der Waals surface area contributed by atoms with E-state index in [4.69, 9.17) is 15.2 Å². The Hall–Kier alpha value is -3.11. The van der Waals surface area contributed by atoms with Gasteiger partial charge in [-0.15, -0.1) is 0 Å². The zero-order valence-electron chi connectivity index (χ0n) is 14.8. The zero-order chi connectivity index (χ0) is 18.6. The summed E-state index contributed by atoms with van der Waals surface area (Å²) in [6.07, 6.45) is 1.68. The third-order valence-electron chi connectivity index (χ3n) is 3.58. The number of nitrogens with two attached hydrogens (primary N) is 1. The van der Waals surface area contributed by atoms with Crippen LogP contribution in [0.25, 0.3) is 0 Å². The van der Waals surface area contributed by atoms with E-state index in [1.54, 1.807) is 25.3 Å². The van der Waals surface area contributed by atoms with E-state index in [0.717, 1.165) is 24.2 Å². The second-order valence-electron chi connectivity index (χ2n) is 5.46. The van der Waals surface area contributed by atoms with Crippen LogP contribution in [0.2, 0.25) is 0 Å². The van der Waals surface area contributed by atoms with Crippen molar-refractivity contribution in [1.29, 1.82) is 0 Å². The molecule has 4 heteroatoms. The number of methoxy groups -OCH3 is 1. The minimum absolute atomic E-state index is 0.614. The molecule has 0 amide bonds. The van der Waals surface area contributed by atoms with E-state index in [9.17, 15) is 4.79 Å². The highest BCUT2D eigenvalue weighted by Gasteiger charge is 1.98. The molecule has 3 rings (SSSR count). The van der Waals surface area contributed by atoms with E-state index in [-0.39, 0.29) is 0 Å². The smallest absolute Gasteiger partial charge is 0.150 e. The second-order valence-corrected chi connectivity index (χ2v) is 5.46. The summed E-state index contributed by atoms with van der Waals surface area (Å²) in [4.78, 5) is 10.6. The van der Waals surface area contributed by atoms with Gasteiger partial charge in [0.1, 0.15) is 23.5 Å². The van der Waals surface area contributed by atoms with Crippen LogP contribution < -0.4 is 15.2 Å². The average molecular weight is 349 g/mol. The van der Waals surface area contributed by atoms with Crippen molar-refractivity contribution in [3.8, 4) is 17.2 Å². The number of carbonyl (C=O) groups is 1. The Morgan fingerprint density at radius 1 is 0.885 bits per heavy atom. The van der Waals surface area contributed by atoms with E-state index in [1.807, 2.05) is 60.7 Å². The lowest BCUT2D eigenvalue weighted by atomic mass is 10.1. The maximum Gasteiger partial charge on any atom is 0.150 e. The van der Waals surface area contributed by atoms with Crippen LogP contribution in [0.4, 0.5) is 0 Å². The Balaban J connectivity index is 0.000000197. The lowest BCUT2D eigenvalue weighted by Crippen LogP contribution is -2.03. The monoisotopic (exact) mass is 349 g/mol. The molecule has 0 fully saturated rings. The first-order valence-corrected chi connectivity index (χ1v) is 8.37. The van der Waals surface area contributed by atoms with Crippen molar-refractivity contribution in [3.05, 3.63) is 90.0 Å². The Bertz CT molecular complexity index is 803. The molecule has 0 saturated heterocycles. The predicted octanol–water partition coefficient (Wildman–Crippen LogP) is 4.49. The van der Waals surface area contributed by atoms with Gasteiger partial charge in [0.05, 0.1) is 7.11 Å². The maximum absolute atomic E-state index is 10.6. The number of carbonyl (C=O) groups excluding carboxylic acids is 1. The summed E-state index contributed by atoms with van der Waals surface area (Å²) >= 11 is 0. The van der Waals surface area contributed by atoms with Gasteiger partial charge in [0.15, 0.2) is 0 Å². The molecule has 0 unspecified atom stereocenters. The fraction of sp³-hybridized carbons (Fsp3) is 0.136. The molecule has 0 spiro atoms. The van der Waals surface area contributed by atoms with E-state index < -0.39 is 0 Å². The van der Waals surface area contributed by atoms with Crippen LogP contribution in [0.1, 0.15) is 15.9 Å². The standard InChI is InChI=1S/C13H10O2.C9H13NO/c14-10-11-5-4-8-13(9-11)15-12-6-2-1-3-7-12;1-11-9-5-3-2-4-8(9)6-7-10/h1-10H;2-5H,6-7,10H2,1H3. The molecule has 0 aliphatic heterocycles. The lowest BCUT2D eigenvalue weighted by molar-refractivity contribution is 0.112. The summed E-state index contributed by atoms with van der Waals surface area (Å²) < 4.78 is 10.7. The number of para-hydroxylation sites is 2. The average Bonchev–Trinajstić information content (AvgIpc) is 2.70. The summed E-state index contributed by atoms with van der Waals surface area (Å²) in [5.41, 5.74) is 7.22. The van der Waals surface area contributed by atoms with E-state index in [1.165, 1.54) is 5.56 Å². The van der Waals surface area contributed by atoms with E-state index in [0.29, 0.717) is 17.9 Å². The number of ether oxygens (including phenoxy) is 2. The third-order valence-corrected chi connectivity index (χ3v) is 3.58. The number of hydrogen-bond donors (Lipinski definition) is 1. The Labute approximate surface area is 154 Å². The first kappa shape index (κ1) is 19.2. The molecule has 0 saturated carbocycles. The van der Waals surface area contributed by atoms with Gasteiger partial charge >= 0.3 is 0 Å². The van der Waals surface area contributed by atoms with Crippen LogP contribution in [-0.4, -0.2) is 19.9 Å². The molecule has 134 valence electrons.